The van der Waals surface area contributed by atoms with Crippen LogP contribution in [0.25, 0.3) is 0 Å². The molecule has 4 nitrogen and oxygen atoms in total. The van der Waals surface area contributed by atoms with Crippen LogP contribution < -0.4 is 14.8 Å². The lowest BCUT2D eigenvalue weighted by Gasteiger charge is -2.25. The molecule has 2 heterocycles. The summed E-state index contributed by atoms with van der Waals surface area (Å²) in [5.74, 6) is 1.69. The molecule has 1 unspecified atom stereocenters. The van der Waals surface area contributed by atoms with E-state index in [-0.39, 0.29) is 6.04 Å². The van der Waals surface area contributed by atoms with Gasteiger partial charge in [0.1, 0.15) is 0 Å². The van der Waals surface area contributed by atoms with Crippen LogP contribution in [0.15, 0.2) is 12.1 Å². The molecule has 1 N–H and O–H groups in total. The number of hydrogen-bond acceptors (Lipinski definition) is 4. The smallest absolute Gasteiger partial charge is 0.231 e. The van der Waals surface area contributed by atoms with Crippen molar-refractivity contribution < 1.29 is 14.2 Å². The summed E-state index contributed by atoms with van der Waals surface area (Å²) >= 11 is 0. The summed E-state index contributed by atoms with van der Waals surface area (Å²) < 4.78 is 16.2. The molecular formula is C12H15NO3. The highest BCUT2D eigenvalue weighted by atomic mass is 16.7. The van der Waals surface area contributed by atoms with E-state index in [1.54, 1.807) is 0 Å². The number of fused-ring (bicyclic) bond motifs is 1. The third-order valence-electron chi connectivity index (χ3n) is 3.06. The van der Waals surface area contributed by atoms with Gasteiger partial charge in [-0.15, -0.1) is 0 Å². The second kappa shape index (κ2) is 3.96. The van der Waals surface area contributed by atoms with E-state index in [9.17, 15) is 0 Å². The lowest BCUT2D eigenvalue weighted by Crippen LogP contribution is -2.34. The highest BCUT2D eigenvalue weighted by Crippen LogP contribution is 2.36. The molecule has 1 aromatic carbocycles. The van der Waals surface area contributed by atoms with Crippen LogP contribution >= 0.6 is 0 Å². The van der Waals surface area contributed by atoms with E-state index in [0.717, 1.165) is 31.3 Å². The summed E-state index contributed by atoms with van der Waals surface area (Å²) in [5.41, 5.74) is 2.45. The zero-order valence-electron chi connectivity index (χ0n) is 9.29. The summed E-state index contributed by atoms with van der Waals surface area (Å²) in [6.45, 7) is 4.83. The predicted octanol–water partition coefficient (Wildman–Crippen LogP) is 1.38. The molecule has 0 spiro atoms. The van der Waals surface area contributed by atoms with E-state index in [4.69, 9.17) is 14.2 Å². The number of nitrogens with one attached hydrogen (secondary N) is 1. The Morgan fingerprint density at radius 2 is 2.06 bits per heavy atom. The Hall–Kier alpha value is -1.26. The second-order valence-electron chi connectivity index (χ2n) is 4.14. The summed E-state index contributed by atoms with van der Waals surface area (Å²) in [7, 11) is 0. The molecule has 0 radical (unpaired) electrons. The van der Waals surface area contributed by atoms with Gasteiger partial charge in [0.05, 0.1) is 19.3 Å². The van der Waals surface area contributed by atoms with Crippen molar-refractivity contribution in [3.05, 3.63) is 23.3 Å². The van der Waals surface area contributed by atoms with Gasteiger partial charge in [-0.05, 0) is 30.2 Å². The number of morpholine rings is 1. The van der Waals surface area contributed by atoms with Crippen molar-refractivity contribution in [3.63, 3.8) is 0 Å². The number of benzene rings is 1. The monoisotopic (exact) mass is 221 g/mol. The third-order valence-corrected chi connectivity index (χ3v) is 3.06. The zero-order valence-corrected chi connectivity index (χ0v) is 9.29. The van der Waals surface area contributed by atoms with Crippen molar-refractivity contribution in [1.82, 2.24) is 5.32 Å². The molecule has 1 fully saturated rings. The quantitative estimate of drug-likeness (QED) is 0.777. The van der Waals surface area contributed by atoms with Crippen LogP contribution in [0.5, 0.6) is 11.5 Å². The normalized spacial score (nSPS) is 23.4. The van der Waals surface area contributed by atoms with Crippen LogP contribution in [-0.2, 0) is 4.74 Å². The average molecular weight is 221 g/mol. The van der Waals surface area contributed by atoms with Gasteiger partial charge in [-0.3, -0.25) is 0 Å². The number of aryl methyl sites for hydroxylation is 1. The molecule has 0 saturated carbocycles. The van der Waals surface area contributed by atoms with Crippen LogP contribution in [0.4, 0.5) is 0 Å². The minimum Gasteiger partial charge on any atom is -0.454 e. The van der Waals surface area contributed by atoms with Gasteiger partial charge in [0.15, 0.2) is 11.5 Å². The molecule has 1 atom stereocenters. The Kier molecular flexibility index (Phi) is 2.46. The van der Waals surface area contributed by atoms with Gasteiger partial charge in [-0.1, -0.05) is 0 Å². The van der Waals surface area contributed by atoms with Gasteiger partial charge >= 0.3 is 0 Å². The fourth-order valence-corrected chi connectivity index (χ4v) is 2.20. The Balaban J connectivity index is 1.94. The van der Waals surface area contributed by atoms with Gasteiger partial charge < -0.3 is 19.5 Å². The Morgan fingerprint density at radius 3 is 2.81 bits per heavy atom. The third kappa shape index (κ3) is 1.64. The van der Waals surface area contributed by atoms with Gasteiger partial charge in [-0.2, -0.15) is 0 Å². The first kappa shape index (κ1) is 9.93. The summed E-state index contributed by atoms with van der Waals surface area (Å²) in [5, 5.41) is 3.45. The predicted molar refractivity (Wildman–Crippen MR) is 58.9 cm³/mol. The van der Waals surface area contributed by atoms with E-state index >= 15 is 0 Å². The van der Waals surface area contributed by atoms with E-state index in [1.165, 1.54) is 11.1 Å². The molecule has 4 heteroatoms. The maximum Gasteiger partial charge on any atom is 0.231 e. The van der Waals surface area contributed by atoms with Crippen molar-refractivity contribution in [2.75, 3.05) is 26.6 Å². The van der Waals surface area contributed by atoms with Crippen molar-refractivity contribution in [2.45, 2.75) is 13.0 Å². The summed E-state index contributed by atoms with van der Waals surface area (Å²) in [6, 6.07) is 4.36. The molecule has 16 heavy (non-hydrogen) atoms. The van der Waals surface area contributed by atoms with E-state index < -0.39 is 0 Å². The zero-order chi connectivity index (χ0) is 11.0. The molecule has 1 saturated heterocycles. The highest BCUT2D eigenvalue weighted by molar-refractivity contribution is 5.49. The molecule has 0 bridgehead atoms. The van der Waals surface area contributed by atoms with Crippen LogP contribution in [-0.4, -0.2) is 26.6 Å². The molecule has 86 valence electrons. The molecule has 0 aliphatic carbocycles. The average Bonchev–Trinajstić information content (AvgIpc) is 2.76. The number of hydrogen-bond donors (Lipinski definition) is 1. The molecule has 0 amide bonds. The minimum atomic E-state index is 0.267. The first-order chi connectivity index (χ1) is 7.84. The van der Waals surface area contributed by atoms with Crippen LogP contribution in [0.2, 0.25) is 0 Å². The molecular weight excluding hydrogens is 206 g/mol. The number of rotatable bonds is 1. The standard InChI is InChI=1S/C12H15NO3/c1-8-4-11-12(16-7-15-11)5-9(8)10-6-14-3-2-13-10/h4-5,10,13H,2-3,6-7H2,1H3. The van der Waals surface area contributed by atoms with E-state index in [1.807, 2.05) is 6.07 Å². The molecule has 2 aliphatic heterocycles. The SMILES string of the molecule is Cc1cc2c(cc1C1COCCN1)OCO2. The van der Waals surface area contributed by atoms with Gasteiger partial charge in [0.25, 0.3) is 0 Å². The molecule has 3 rings (SSSR count). The molecule has 1 aromatic rings. The lowest BCUT2D eigenvalue weighted by molar-refractivity contribution is 0.0766. The fourth-order valence-electron chi connectivity index (χ4n) is 2.20. The Morgan fingerprint density at radius 1 is 1.25 bits per heavy atom. The van der Waals surface area contributed by atoms with Crippen molar-refractivity contribution in [2.24, 2.45) is 0 Å². The second-order valence-corrected chi connectivity index (χ2v) is 4.14. The summed E-state index contributed by atoms with van der Waals surface area (Å²) in [6.07, 6.45) is 0. The van der Waals surface area contributed by atoms with Crippen molar-refractivity contribution >= 4 is 0 Å². The minimum absolute atomic E-state index is 0.267. The molecule has 2 aliphatic rings. The Bertz CT molecular complexity index is 399. The fraction of sp³-hybridized carbons (Fsp3) is 0.500. The first-order valence-electron chi connectivity index (χ1n) is 5.56. The van der Waals surface area contributed by atoms with Gasteiger partial charge in [0.2, 0.25) is 6.79 Å². The van der Waals surface area contributed by atoms with Crippen LogP contribution in [0.1, 0.15) is 17.2 Å². The lowest BCUT2D eigenvalue weighted by atomic mass is 10.0. The maximum absolute atomic E-state index is 5.48. The van der Waals surface area contributed by atoms with Crippen molar-refractivity contribution in [1.29, 1.82) is 0 Å². The van der Waals surface area contributed by atoms with E-state index in [0.29, 0.717) is 6.79 Å². The Labute approximate surface area is 94.5 Å². The van der Waals surface area contributed by atoms with E-state index in [2.05, 4.69) is 18.3 Å². The van der Waals surface area contributed by atoms with Crippen molar-refractivity contribution in [3.8, 4) is 11.5 Å². The largest absolute Gasteiger partial charge is 0.454 e. The highest BCUT2D eigenvalue weighted by Gasteiger charge is 2.22. The summed E-state index contributed by atoms with van der Waals surface area (Å²) in [4.78, 5) is 0. The number of ether oxygens (including phenoxy) is 3. The topological polar surface area (TPSA) is 39.7 Å². The first-order valence-corrected chi connectivity index (χ1v) is 5.56. The maximum atomic E-state index is 5.48. The van der Waals surface area contributed by atoms with Crippen LogP contribution in [0.3, 0.4) is 0 Å². The van der Waals surface area contributed by atoms with Gasteiger partial charge in [-0.25, -0.2) is 0 Å². The van der Waals surface area contributed by atoms with Crippen LogP contribution in [0, 0.1) is 6.92 Å². The molecule has 0 aromatic heterocycles. The van der Waals surface area contributed by atoms with Gasteiger partial charge in [0, 0.05) is 6.54 Å².